The van der Waals surface area contributed by atoms with Gasteiger partial charge in [0.25, 0.3) is 5.56 Å². The van der Waals surface area contributed by atoms with Crippen molar-refractivity contribution in [1.29, 1.82) is 0 Å². The van der Waals surface area contributed by atoms with Crippen molar-refractivity contribution in [3.05, 3.63) is 104 Å². The van der Waals surface area contributed by atoms with Crippen LogP contribution in [0.5, 0.6) is 11.5 Å². The summed E-state index contributed by atoms with van der Waals surface area (Å²) in [5.74, 6) is 1.48. The van der Waals surface area contributed by atoms with Gasteiger partial charge in [0, 0.05) is 23.3 Å². The van der Waals surface area contributed by atoms with Crippen LogP contribution in [-0.2, 0) is 7.05 Å². The van der Waals surface area contributed by atoms with E-state index in [1.807, 2.05) is 98.4 Å². The van der Waals surface area contributed by atoms with Crippen LogP contribution in [0.3, 0.4) is 0 Å². The zero-order valence-corrected chi connectivity index (χ0v) is 21.0. The Labute approximate surface area is 207 Å². The molecule has 4 rings (SSSR count). The standard InChI is InChI=1S/C27H26BrN3O3/c1-19-8-7-11-24(16-19)33-14-15-34-25-13-12-22(28)17-21(25)18-29-26-20(2)30(3)31(27(26)32)23-9-5-4-6-10-23/h4-13,16-18H,14-15H2,1-3H3. The number of rotatable bonds is 8. The number of benzene rings is 3. The Hall–Kier alpha value is -3.58. The minimum atomic E-state index is -0.175. The smallest absolute Gasteiger partial charge is 0.297 e. The van der Waals surface area contributed by atoms with Gasteiger partial charge in [-0.1, -0.05) is 46.3 Å². The molecule has 0 atom stereocenters. The summed E-state index contributed by atoms with van der Waals surface area (Å²) >= 11 is 3.51. The van der Waals surface area contributed by atoms with E-state index < -0.39 is 0 Å². The number of hydrogen-bond acceptors (Lipinski definition) is 4. The van der Waals surface area contributed by atoms with Crippen molar-refractivity contribution < 1.29 is 9.47 Å². The summed E-state index contributed by atoms with van der Waals surface area (Å²) in [5, 5.41) is 0. The zero-order valence-electron chi connectivity index (χ0n) is 19.4. The molecular weight excluding hydrogens is 494 g/mol. The molecule has 0 fully saturated rings. The predicted octanol–water partition coefficient (Wildman–Crippen LogP) is 5.76. The van der Waals surface area contributed by atoms with E-state index in [-0.39, 0.29) is 5.56 Å². The number of hydrogen-bond donors (Lipinski definition) is 0. The Morgan fingerprint density at radius 1 is 0.941 bits per heavy atom. The van der Waals surface area contributed by atoms with E-state index >= 15 is 0 Å². The highest BCUT2D eigenvalue weighted by Crippen LogP contribution is 2.24. The number of ether oxygens (including phenoxy) is 2. The molecule has 34 heavy (non-hydrogen) atoms. The molecule has 6 nitrogen and oxygen atoms in total. The monoisotopic (exact) mass is 519 g/mol. The number of halogens is 1. The van der Waals surface area contributed by atoms with Crippen molar-refractivity contribution >= 4 is 27.8 Å². The summed E-state index contributed by atoms with van der Waals surface area (Å²) in [5.41, 5.74) is 3.69. The molecule has 0 N–H and O–H groups in total. The fourth-order valence-corrected chi connectivity index (χ4v) is 3.98. The van der Waals surface area contributed by atoms with E-state index in [0.717, 1.165) is 32.7 Å². The van der Waals surface area contributed by atoms with Crippen LogP contribution < -0.4 is 15.0 Å². The van der Waals surface area contributed by atoms with Gasteiger partial charge in [-0.25, -0.2) is 9.67 Å². The fraction of sp³-hybridized carbons (Fsp3) is 0.185. The van der Waals surface area contributed by atoms with Crippen molar-refractivity contribution in [1.82, 2.24) is 9.36 Å². The molecule has 174 valence electrons. The van der Waals surface area contributed by atoms with Gasteiger partial charge < -0.3 is 9.47 Å². The topological polar surface area (TPSA) is 57.8 Å². The average molecular weight is 520 g/mol. The van der Waals surface area contributed by atoms with Crippen LogP contribution >= 0.6 is 15.9 Å². The molecule has 0 aliphatic carbocycles. The van der Waals surface area contributed by atoms with Gasteiger partial charge in [-0.05, 0) is 61.9 Å². The van der Waals surface area contributed by atoms with Crippen LogP contribution in [0.1, 0.15) is 16.8 Å². The van der Waals surface area contributed by atoms with Gasteiger partial charge >= 0.3 is 0 Å². The van der Waals surface area contributed by atoms with Crippen LogP contribution in [0.25, 0.3) is 5.69 Å². The van der Waals surface area contributed by atoms with Gasteiger partial charge in [-0.2, -0.15) is 0 Å². The molecule has 0 saturated heterocycles. The average Bonchev–Trinajstić information content (AvgIpc) is 3.04. The van der Waals surface area contributed by atoms with E-state index in [1.54, 1.807) is 10.9 Å². The summed E-state index contributed by atoms with van der Waals surface area (Å²) in [4.78, 5) is 17.7. The molecule has 1 heterocycles. The zero-order chi connectivity index (χ0) is 24.1. The summed E-state index contributed by atoms with van der Waals surface area (Å²) in [6, 6.07) is 23.1. The largest absolute Gasteiger partial charge is 0.490 e. The van der Waals surface area contributed by atoms with Gasteiger partial charge in [0.15, 0.2) is 5.69 Å². The summed E-state index contributed by atoms with van der Waals surface area (Å²) in [7, 11) is 1.85. The quantitative estimate of drug-likeness (QED) is 0.219. The lowest BCUT2D eigenvalue weighted by atomic mass is 10.2. The molecule has 3 aromatic carbocycles. The van der Waals surface area contributed by atoms with Crippen molar-refractivity contribution in [2.45, 2.75) is 13.8 Å². The van der Waals surface area contributed by atoms with Crippen molar-refractivity contribution in [2.24, 2.45) is 12.0 Å². The molecule has 1 aromatic heterocycles. The number of para-hydroxylation sites is 1. The van der Waals surface area contributed by atoms with Crippen LogP contribution in [0.4, 0.5) is 5.69 Å². The van der Waals surface area contributed by atoms with Crippen LogP contribution in [0.15, 0.2) is 87.1 Å². The van der Waals surface area contributed by atoms with Crippen molar-refractivity contribution in [3.63, 3.8) is 0 Å². The number of aliphatic imine (C=N–C) groups is 1. The fourth-order valence-electron chi connectivity index (χ4n) is 3.60. The maximum Gasteiger partial charge on any atom is 0.297 e. The van der Waals surface area contributed by atoms with Crippen LogP contribution in [0, 0.1) is 13.8 Å². The Bertz CT molecular complexity index is 1370. The van der Waals surface area contributed by atoms with E-state index in [0.29, 0.717) is 24.7 Å². The molecule has 0 radical (unpaired) electrons. The second-order valence-corrected chi connectivity index (χ2v) is 8.78. The number of aryl methyl sites for hydroxylation is 1. The third-order valence-corrected chi connectivity index (χ3v) is 5.92. The molecule has 0 unspecified atom stereocenters. The third-order valence-electron chi connectivity index (χ3n) is 5.43. The summed E-state index contributed by atoms with van der Waals surface area (Å²) < 4.78 is 16.1. The minimum absolute atomic E-state index is 0.175. The molecular formula is C27H26BrN3O3. The first-order valence-electron chi connectivity index (χ1n) is 10.9. The van der Waals surface area contributed by atoms with E-state index in [4.69, 9.17) is 9.47 Å². The molecule has 0 aliphatic heterocycles. The predicted molar refractivity (Wildman–Crippen MR) is 139 cm³/mol. The molecule has 4 aromatic rings. The van der Waals surface area contributed by atoms with Gasteiger partial charge in [-0.15, -0.1) is 0 Å². The van der Waals surface area contributed by atoms with Crippen LogP contribution in [-0.4, -0.2) is 28.8 Å². The first kappa shape index (κ1) is 23.6. The first-order valence-corrected chi connectivity index (χ1v) is 11.7. The summed E-state index contributed by atoms with van der Waals surface area (Å²) in [6.45, 7) is 4.70. The van der Waals surface area contributed by atoms with E-state index in [9.17, 15) is 4.79 Å². The Kier molecular flexibility index (Phi) is 7.33. The lowest BCUT2D eigenvalue weighted by Gasteiger charge is -2.11. The van der Waals surface area contributed by atoms with Gasteiger partial charge in [0.1, 0.15) is 24.7 Å². The Morgan fingerprint density at radius 3 is 2.47 bits per heavy atom. The number of aromatic nitrogens is 2. The third kappa shape index (κ3) is 5.31. The highest BCUT2D eigenvalue weighted by molar-refractivity contribution is 9.10. The Balaban J connectivity index is 1.52. The molecule has 0 amide bonds. The maximum absolute atomic E-state index is 13.1. The SMILES string of the molecule is Cc1cccc(OCCOc2ccc(Br)cc2C=Nc2c(C)n(C)n(-c3ccccc3)c2=O)c1. The highest BCUT2D eigenvalue weighted by atomic mass is 79.9. The molecule has 0 bridgehead atoms. The first-order chi connectivity index (χ1) is 16.4. The number of nitrogens with zero attached hydrogens (tertiary/aromatic N) is 3. The normalized spacial score (nSPS) is 11.2. The van der Waals surface area contributed by atoms with Crippen molar-refractivity contribution in [3.8, 4) is 17.2 Å². The lowest BCUT2D eigenvalue weighted by Crippen LogP contribution is -2.19. The second-order valence-electron chi connectivity index (χ2n) is 7.86. The van der Waals surface area contributed by atoms with E-state index in [2.05, 4.69) is 20.9 Å². The minimum Gasteiger partial charge on any atom is -0.490 e. The molecule has 0 spiro atoms. The van der Waals surface area contributed by atoms with E-state index in [1.165, 1.54) is 0 Å². The maximum atomic E-state index is 13.1. The molecule has 7 heteroatoms. The highest BCUT2D eigenvalue weighted by Gasteiger charge is 2.15. The van der Waals surface area contributed by atoms with Gasteiger partial charge in [0.2, 0.25) is 0 Å². The van der Waals surface area contributed by atoms with Gasteiger partial charge in [-0.3, -0.25) is 9.48 Å². The lowest BCUT2D eigenvalue weighted by molar-refractivity contribution is 0.217. The van der Waals surface area contributed by atoms with Gasteiger partial charge in [0.05, 0.1) is 11.4 Å². The Morgan fingerprint density at radius 2 is 1.71 bits per heavy atom. The van der Waals surface area contributed by atoms with Crippen molar-refractivity contribution in [2.75, 3.05) is 13.2 Å². The molecule has 0 saturated carbocycles. The molecule has 0 aliphatic rings. The summed E-state index contributed by atoms with van der Waals surface area (Å²) in [6.07, 6.45) is 1.67. The second kappa shape index (κ2) is 10.6. The van der Waals surface area contributed by atoms with Crippen LogP contribution in [0.2, 0.25) is 0 Å².